The van der Waals surface area contributed by atoms with Crippen LogP contribution in [-0.2, 0) is 0 Å². The molecule has 3 unspecified atom stereocenters. The molecule has 0 radical (unpaired) electrons. The molecule has 1 aliphatic carbocycles. The van der Waals surface area contributed by atoms with Crippen LogP contribution < -0.4 is 10.6 Å². The molecule has 26 heavy (non-hydrogen) atoms. The van der Waals surface area contributed by atoms with Crippen molar-refractivity contribution in [1.29, 1.82) is 0 Å². The van der Waals surface area contributed by atoms with Crippen molar-refractivity contribution in [2.75, 3.05) is 18.7 Å². The first-order valence-electron chi connectivity index (χ1n) is 9.64. The van der Waals surface area contributed by atoms with E-state index in [9.17, 15) is 0 Å². The minimum Gasteiger partial charge on any atom is -0.343 e. The third-order valence-electron chi connectivity index (χ3n) is 6.02. The van der Waals surface area contributed by atoms with E-state index >= 15 is 0 Å². The van der Waals surface area contributed by atoms with E-state index in [0.29, 0.717) is 12.0 Å². The van der Waals surface area contributed by atoms with Gasteiger partial charge in [0, 0.05) is 11.4 Å². The average molecular weight is 352 g/mol. The van der Waals surface area contributed by atoms with Gasteiger partial charge in [-0.15, -0.1) is 0 Å². The van der Waals surface area contributed by atoms with Gasteiger partial charge in [-0.05, 0) is 31.2 Å². The van der Waals surface area contributed by atoms with Crippen LogP contribution in [-0.4, -0.2) is 40.2 Å². The number of rotatable bonds is 2. The van der Waals surface area contributed by atoms with Gasteiger partial charge in [-0.1, -0.05) is 44.9 Å². The van der Waals surface area contributed by atoms with E-state index in [4.69, 9.17) is 4.99 Å². The quantitative estimate of drug-likeness (QED) is 0.868. The number of hydrogen-bond acceptors (Lipinski definition) is 6. The standard InChI is InChI=1S/C20H28N6/c1-13-7-6-10-18(14(13)2)26-11-21-19(22-12-26)25-20-23-15(3)16-8-4-5-9-17(16)24-20/h4-5,8-9,13-14,18H,6-7,10-12H2,1-3H3,(H2,21,22,23,24,25). The monoisotopic (exact) mass is 352 g/mol. The molecule has 1 aliphatic heterocycles. The van der Waals surface area contributed by atoms with Crippen molar-refractivity contribution >= 4 is 22.8 Å². The Balaban J connectivity index is 1.45. The lowest BCUT2D eigenvalue weighted by Gasteiger charge is -2.42. The fourth-order valence-electron chi connectivity index (χ4n) is 4.22. The van der Waals surface area contributed by atoms with E-state index in [1.165, 1.54) is 19.3 Å². The minimum atomic E-state index is 0.598. The van der Waals surface area contributed by atoms with E-state index in [1.54, 1.807) is 0 Å². The zero-order chi connectivity index (χ0) is 18.1. The van der Waals surface area contributed by atoms with Crippen LogP contribution >= 0.6 is 0 Å². The second-order valence-corrected chi connectivity index (χ2v) is 7.68. The molecule has 1 saturated carbocycles. The van der Waals surface area contributed by atoms with Crippen LogP contribution in [0.4, 0.5) is 5.95 Å². The predicted octanol–water partition coefficient (Wildman–Crippen LogP) is 3.35. The number of nitrogens with one attached hydrogen (secondary N) is 2. The second kappa shape index (κ2) is 7.19. The van der Waals surface area contributed by atoms with Gasteiger partial charge in [0.25, 0.3) is 0 Å². The number of hydrogen-bond donors (Lipinski definition) is 2. The van der Waals surface area contributed by atoms with Crippen molar-refractivity contribution < 1.29 is 0 Å². The lowest BCUT2D eigenvalue weighted by Crippen LogP contribution is -2.53. The summed E-state index contributed by atoms with van der Waals surface area (Å²) in [5.74, 6) is 2.88. The van der Waals surface area contributed by atoms with Gasteiger partial charge in [0.05, 0.1) is 24.5 Å². The Morgan fingerprint density at radius 2 is 2.00 bits per heavy atom. The third kappa shape index (κ3) is 3.38. The maximum atomic E-state index is 4.69. The number of benzene rings is 1. The van der Waals surface area contributed by atoms with Crippen molar-refractivity contribution in [3.8, 4) is 0 Å². The predicted molar refractivity (Wildman–Crippen MR) is 106 cm³/mol. The first-order chi connectivity index (χ1) is 12.6. The number of nitrogens with zero attached hydrogens (tertiary/aromatic N) is 4. The zero-order valence-corrected chi connectivity index (χ0v) is 15.9. The van der Waals surface area contributed by atoms with Crippen LogP contribution in [0, 0.1) is 18.8 Å². The summed E-state index contributed by atoms with van der Waals surface area (Å²) in [5.41, 5.74) is 1.92. The maximum Gasteiger partial charge on any atom is 0.230 e. The summed E-state index contributed by atoms with van der Waals surface area (Å²) in [6.07, 6.45) is 3.96. The fraction of sp³-hybridized carbons (Fsp3) is 0.550. The molecule has 1 aromatic heterocycles. The van der Waals surface area contributed by atoms with Crippen molar-refractivity contribution in [3.05, 3.63) is 30.0 Å². The molecule has 0 spiro atoms. The number of fused-ring (bicyclic) bond motifs is 1. The Bertz CT molecular complexity index is 817. The normalized spacial score (nSPS) is 27.0. The Kier molecular flexibility index (Phi) is 4.76. The van der Waals surface area contributed by atoms with Crippen LogP contribution in [0.2, 0.25) is 0 Å². The molecule has 2 heterocycles. The molecule has 1 aromatic carbocycles. The van der Waals surface area contributed by atoms with E-state index in [1.807, 2.05) is 25.1 Å². The highest BCUT2D eigenvalue weighted by Gasteiger charge is 2.32. The number of guanidine groups is 1. The molecule has 2 aliphatic rings. The van der Waals surface area contributed by atoms with Crippen LogP contribution in [0.3, 0.4) is 0 Å². The summed E-state index contributed by atoms with van der Waals surface area (Å²) in [6.45, 7) is 8.32. The second-order valence-electron chi connectivity index (χ2n) is 7.68. The lowest BCUT2D eigenvalue weighted by molar-refractivity contribution is 0.0771. The SMILES string of the molecule is Cc1nc(NC2=NCN(C3CCCC(C)C3C)CN2)nc2ccccc12. The molecule has 138 valence electrons. The van der Waals surface area contributed by atoms with E-state index in [0.717, 1.165) is 47.7 Å². The first-order valence-corrected chi connectivity index (χ1v) is 9.64. The van der Waals surface area contributed by atoms with Crippen LogP contribution in [0.25, 0.3) is 10.9 Å². The smallest absolute Gasteiger partial charge is 0.230 e. The Hall–Kier alpha value is -2.21. The topological polar surface area (TPSA) is 65.4 Å². The van der Waals surface area contributed by atoms with Gasteiger partial charge in [-0.25, -0.2) is 15.0 Å². The Morgan fingerprint density at radius 3 is 2.81 bits per heavy atom. The number of aromatic nitrogens is 2. The fourth-order valence-corrected chi connectivity index (χ4v) is 4.22. The maximum absolute atomic E-state index is 4.69. The van der Waals surface area contributed by atoms with Gasteiger partial charge in [0.15, 0.2) is 0 Å². The van der Waals surface area contributed by atoms with Gasteiger partial charge in [0.1, 0.15) is 0 Å². The highest BCUT2D eigenvalue weighted by atomic mass is 15.4. The lowest BCUT2D eigenvalue weighted by atomic mass is 9.77. The Labute approximate surface area is 155 Å². The third-order valence-corrected chi connectivity index (χ3v) is 6.02. The summed E-state index contributed by atoms with van der Waals surface area (Å²) in [5, 5.41) is 7.74. The van der Waals surface area contributed by atoms with E-state index in [2.05, 4.69) is 45.4 Å². The molecule has 2 N–H and O–H groups in total. The molecule has 0 saturated heterocycles. The van der Waals surface area contributed by atoms with Crippen molar-refractivity contribution in [2.24, 2.45) is 16.8 Å². The summed E-state index contributed by atoms with van der Waals surface area (Å²) in [4.78, 5) is 16.3. The zero-order valence-electron chi connectivity index (χ0n) is 15.9. The minimum absolute atomic E-state index is 0.598. The van der Waals surface area contributed by atoms with Gasteiger partial charge in [0.2, 0.25) is 11.9 Å². The van der Waals surface area contributed by atoms with Crippen LogP contribution in [0.15, 0.2) is 29.3 Å². The molecule has 3 atom stereocenters. The highest BCUT2D eigenvalue weighted by Crippen LogP contribution is 2.32. The molecule has 1 fully saturated rings. The van der Waals surface area contributed by atoms with Gasteiger partial charge >= 0.3 is 0 Å². The summed E-state index contributed by atoms with van der Waals surface area (Å²) in [6, 6.07) is 8.70. The summed E-state index contributed by atoms with van der Waals surface area (Å²) < 4.78 is 0. The molecule has 2 aromatic rings. The number of aliphatic imine (C=N–C) groups is 1. The average Bonchev–Trinajstić information content (AvgIpc) is 2.65. The van der Waals surface area contributed by atoms with E-state index < -0.39 is 0 Å². The molecule has 6 heteroatoms. The molecular formula is C20H28N6. The molecule has 6 nitrogen and oxygen atoms in total. The largest absolute Gasteiger partial charge is 0.343 e. The van der Waals surface area contributed by atoms with Crippen molar-refractivity contribution in [2.45, 2.75) is 46.1 Å². The van der Waals surface area contributed by atoms with E-state index in [-0.39, 0.29) is 0 Å². The van der Waals surface area contributed by atoms with Crippen LogP contribution in [0.5, 0.6) is 0 Å². The summed E-state index contributed by atoms with van der Waals surface area (Å²) >= 11 is 0. The van der Waals surface area contributed by atoms with Crippen molar-refractivity contribution in [1.82, 2.24) is 20.2 Å². The molecule has 0 bridgehead atoms. The highest BCUT2D eigenvalue weighted by molar-refractivity contribution is 5.93. The van der Waals surface area contributed by atoms with Gasteiger partial charge in [-0.3, -0.25) is 10.2 Å². The first kappa shape index (κ1) is 17.2. The summed E-state index contributed by atoms with van der Waals surface area (Å²) in [7, 11) is 0. The number of para-hydroxylation sites is 1. The Morgan fingerprint density at radius 1 is 1.15 bits per heavy atom. The van der Waals surface area contributed by atoms with Crippen LogP contribution in [0.1, 0.15) is 38.8 Å². The van der Waals surface area contributed by atoms with Gasteiger partial charge in [-0.2, -0.15) is 0 Å². The number of anilines is 1. The molecule has 4 rings (SSSR count). The molecule has 0 amide bonds. The number of aryl methyl sites for hydroxylation is 1. The van der Waals surface area contributed by atoms with Crippen molar-refractivity contribution in [3.63, 3.8) is 0 Å². The van der Waals surface area contributed by atoms with Gasteiger partial charge < -0.3 is 5.32 Å². The molecular weight excluding hydrogens is 324 g/mol.